The van der Waals surface area contributed by atoms with E-state index in [2.05, 4.69) is 4.98 Å². The summed E-state index contributed by atoms with van der Waals surface area (Å²) in [5.41, 5.74) is -1.00. The Morgan fingerprint density at radius 2 is 1.94 bits per heavy atom. The molecule has 0 bridgehead atoms. The average Bonchev–Trinajstić information content (AvgIpc) is 2.57. The van der Waals surface area contributed by atoms with Crippen molar-refractivity contribution in [2.75, 3.05) is 0 Å². The molecule has 0 amide bonds. The van der Waals surface area contributed by atoms with Crippen LogP contribution >= 0.6 is 0 Å². The smallest absolute Gasteiger partial charge is 1.00 e. The second-order valence-corrected chi connectivity index (χ2v) is 2.36. The van der Waals surface area contributed by atoms with E-state index < -0.39 is 29.2 Å². The number of H-pyrrole nitrogens is 1. The fraction of sp³-hybridized carbons (Fsp3) is 0.143. The summed E-state index contributed by atoms with van der Waals surface area (Å²) < 4.78 is 35.7. The van der Waals surface area contributed by atoms with E-state index in [1.165, 1.54) is 12.1 Å². The van der Waals surface area contributed by atoms with Gasteiger partial charge in [0.1, 0.15) is 12.1 Å². The van der Waals surface area contributed by atoms with Gasteiger partial charge in [0.2, 0.25) is 0 Å². The Bertz CT molecular complexity index is 467. The van der Waals surface area contributed by atoms with Crippen LogP contribution in [0.5, 0.6) is 0 Å². The molecule has 0 aliphatic rings. The molecular weight excluding hydrogens is 252 g/mol. The van der Waals surface area contributed by atoms with Crippen LogP contribution in [0, 0.1) is 22.7 Å². The number of carbonyl (C=O) groups is 1. The van der Waals surface area contributed by atoms with Gasteiger partial charge in [0.15, 0.2) is 17.2 Å². The molecule has 0 fully saturated rings. The summed E-state index contributed by atoms with van der Waals surface area (Å²) >= 11 is 0. The molecule has 1 heterocycles. The summed E-state index contributed by atoms with van der Waals surface area (Å²) in [5, 5.41) is 16.8. The molecule has 78 valence electrons. The van der Waals surface area contributed by atoms with E-state index in [9.17, 15) is 18.0 Å². The van der Waals surface area contributed by atoms with Crippen molar-refractivity contribution in [1.29, 1.82) is 10.5 Å². The third-order valence-electron chi connectivity index (χ3n) is 1.39. The van der Waals surface area contributed by atoms with Crippen molar-refractivity contribution in [3.63, 3.8) is 0 Å². The van der Waals surface area contributed by atoms with Crippen LogP contribution in [0.4, 0.5) is 13.2 Å². The van der Waals surface area contributed by atoms with E-state index in [0.717, 1.165) is 0 Å². The molecule has 0 saturated heterocycles. The van der Waals surface area contributed by atoms with Gasteiger partial charge in [0, 0.05) is 0 Å². The third-order valence-corrected chi connectivity index (χ3v) is 1.39. The summed E-state index contributed by atoms with van der Waals surface area (Å²) in [4.78, 5) is 15.5. The quantitative estimate of drug-likeness (QED) is 0.464. The molecule has 0 saturated carbocycles. The number of imidazole rings is 1. The molecule has 1 rings (SSSR count). The maximum absolute atomic E-state index is 11.9. The number of alkyl halides is 3. The zero-order valence-electron chi connectivity index (χ0n) is 8.88. The number of hydrogen-bond donors (Lipinski definition) is 1. The van der Waals surface area contributed by atoms with Crippen molar-refractivity contribution in [2.45, 2.75) is 6.18 Å². The van der Waals surface area contributed by atoms with Crippen molar-refractivity contribution in [1.82, 2.24) is 9.97 Å². The summed E-state index contributed by atoms with van der Waals surface area (Å²) in [7, 11) is 0. The molecule has 0 unspecified atom stereocenters. The number of hydrogen-bond acceptors (Lipinski definition) is 4. The molecule has 0 atom stereocenters. The topological polar surface area (TPSA) is 93.3 Å². The molecular formula is C7H2F3KN4O. The zero-order chi connectivity index (χ0) is 11.6. The van der Waals surface area contributed by atoms with Crippen LogP contribution in [0.15, 0.2) is 0 Å². The number of nitrogens with one attached hydrogen (secondary N) is 1. The van der Waals surface area contributed by atoms with Gasteiger partial charge in [0.05, 0.1) is 0 Å². The molecule has 0 aromatic carbocycles. The van der Waals surface area contributed by atoms with E-state index in [-0.39, 0.29) is 52.8 Å². The number of aromatic nitrogens is 2. The first-order chi connectivity index (χ1) is 6.90. The van der Waals surface area contributed by atoms with Crippen LogP contribution in [0.2, 0.25) is 0 Å². The monoisotopic (exact) mass is 254 g/mol. The predicted molar refractivity (Wildman–Crippen MR) is 39.5 cm³/mol. The van der Waals surface area contributed by atoms with Crippen LogP contribution in [-0.4, -0.2) is 21.9 Å². The van der Waals surface area contributed by atoms with Crippen molar-refractivity contribution in [3.05, 3.63) is 17.2 Å². The summed E-state index contributed by atoms with van der Waals surface area (Å²) in [6.07, 6.45) is -5.09. The van der Waals surface area contributed by atoms with Gasteiger partial charge in [-0.25, -0.2) is 4.98 Å². The second kappa shape index (κ2) is 5.57. The second-order valence-electron chi connectivity index (χ2n) is 2.36. The van der Waals surface area contributed by atoms with Crippen LogP contribution in [0.25, 0.3) is 0 Å². The van der Waals surface area contributed by atoms with Gasteiger partial charge >= 0.3 is 63.3 Å². The normalized spacial score (nSPS) is 9.81. The first-order valence-corrected chi connectivity index (χ1v) is 3.42. The van der Waals surface area contributed by atoms with E-state index in [1.807, 2.05) is 4.98 Å². The van der Waals surface area contributed by atoms with Gasteiger partial charge < -0.3 is 6.41 Å². The molecule has 0 spiro atoms. The summed E-state index contributed by atoms with van der Waals surface area (Å²) in [5.74, 6) is -3.28. The number of Topliss-reactive ketones (excluding diaryl/α,β-unsaturated/α-hetero) is 1. The minimum atomic E-state index is -5.09. The Labute approximate surface area is 131 Å². The molecule has 0 aliphatic heterocycles. The van der Waals surface area contributed by atoms with Crippen molar-refractivity contribution >= 4 is 5.78 Å². The van der Waals surface area contributed by atoms with Crippen molar-refractivity contribution in [3.8, 4) is 12.1 Å². The molecule has 5 nitrogen and oxygen atoms in total. The summed E-state index contributed by atoms with van der Waals surface area (Å²) in [6.45, 7) is 0. The Morgan fingerprint density at radius 3 is 2.25 bits per heavy atom. The molecule has 1 N–H and O–H groups in total. The third kappa shape index (κ3) is 3.14. The van der Waals surface area contributed by atoms with Crippen LogP contribution < -0.4 is 51.4 Å². The Balaban J connectivity index is 0. The van der Waals surface area contributed by atoms with Crippen molar-refractivity contribution < 1.29 is 70.8 Å². The van der Waals surface area contributed by atoms with Crippen LogP contribution in [0.1, 0.15) is 23.4 Å². The van der Waals surface area contributed by atoms with Crippen LogP contribution in [0.3, 0.4) is 0 Å². The number of ketones is 1. The molecule has 1 aromatic heterocycles. The summed E-state index contributed by atoms with van der Waals surface area (Å²) in [6, 6.07) is 2.80. The fourth-order valence-electron chi connectivity index (χ4n) is 0.777. The Morgan fingerprint density at radius 1 is 1.38 bits per heavy atom. The predicted octanol–water partition coefficient (Wildman–Crippen LogP) is -1.99. The van der Waals surface area contributed by atoms with Gasteiger partial charge in [-0.1, -0.05) is 0 Å². The van der Waals surface area contributed by atoms with E-state index >= 15 is 0 Å². The number of aromatic amines is 1. The number of nitrogens with zero attached hydrogens (tertiary/aromatic N) is 3. The molecule has 1 aromatic rings. The van der Waals surface area contributed by atoms with E-state index in [4.69, 9.17) is 10.5 Å². The number of nitriles is 2. The van der Waals surface area contributed by atoms with Gasteiger partial charge in [0.25, 0.3) is 0 Å². The number of halogens is 3. The number of rotatable bonds is 1. The van der Waals surface area contributed by atoms with Crippen molar-refractivity contribution in [2.24, 2.45) is 0 Å². The first kappa shape index (κ1) is 15.3. The Hall–Kier alpha value is -0.714. The molecule has 0 radical (unpaired) electrons. The number of carbonyl (C=O) groups excluding carboxylic acids is 1. The van der Waals surface area contributed by atoms with Gasteiger partial charge in [-0.3, -0.25) is 4.79 Å². The standard InChI is InChI=1S/C7HF3N4O.K.H/c8-7(9,10)5(15)6-13-3(1-11)4(2-12)14-6;;/h(H,13,14);;/q;+1;-1. The minimum Gasteiger partial charge on any atom is -1.00 e. The maximum Gasteiger partial charge on any atom is 1.00 e. The van der Waals surface area contributed by atoms with Gasteiger partial charge in [-0.15, -0.1) is 0 Å². The van der Waals surface area contributed by atoms with E-state index in [1.54, 1.807) is 0 Å². The molecule has 16 heavy (non-hydrogen) atoms. The van der Waals surface area contributed by atoms with Gasteiger partial charge in [-0.2, -0.15) is 23.7 Å². The Kier molecular flexibility index (Phi) is 5.32. The SMILES string of the molecule is N#Cc1nc(C(=O)C(F)(F)F)[nH]c1C#N.[H-].[K+]. The zero-order valence-corrected chi connectivity index (χ0v) is 11.0. The molecule has 0 aliphatic carbocycles. The molecule has 9 heteroatoms. The first-order valence-electron chi connectivity index (χ1n) is 3.42. The van der Waals surface area contributed by atoms with E-state index in [0.29, 0.717) is 0 Å². The fourth-order valence-corrected chi connectivity index (χ4v) is 0.777. The average molecular weight is 254 g/mol. The van der Waals surface area contributed by atoms with Gasteiger partial charge in [-0.05, 0) is 0 Å². The minimum absolute atomic E-state index is 0. The van der Waals surface area contributed by atoms with Crippen LogP contribution in [-0.2, 0) is 0 Å². The maximum atomic E-state index is 11.9. The largest absolute Gasteiger partial charge is 1.00 e.